The second kappa shape index (κ2) is 10.2. The molecule has 4 N–H and O–H groups in total. The number of benzene rings is 1. The summed E-state index contributed by atoms with van der Waals surface area (Å²) in [5.74, 6) is 0.00199. The van der Waals surface area contributed by atoms with Crippen molar-refractivity contribution < 1.29 is 9.59 Å². The monoisotopic (exact) mass is 381 g/mol. The van der Waals surface area contributed by atoms with E-state index >= 15 is 0 Å². The number of carbonyl (C=O) groups excluding carboxylic acids is 2. The second-order valence-electron chi connectivity index (χ2n) is 5.79. The summed E-state index contributed by atoms with van der Waals surface area (Å²) in [7, 11) is 0. The van der Waals surface area contributed by atoms with Gasteiger partial charge >= 0.3 is 0 Å². The van der Waals surface area contributed by atoms with Crippen LogP contribution in [-0.4, -0.2) is 24.9 Å². The lowest BCUT2D eigenvalue weighted by molar-refractivity contribution is 0.0954. The number of hydrogen-bond acceptors (Lipinski definition) is 4. The Balaban J connectivity index is 0.00000312. The maximum atomic E-state index is 12.4. The first-order chi connectivity index (χ1) is 11.5. The van der Waals surface area contributed by atoms with Gasteiger partial charge in [-0.25, -0.2) is 0 Å². The topological polar surface area (TPSA) is 84.2 Å². The molecule has 136 valence electrons. The van der Waals surface area contributed by atoms with Crippen LogP contribution in [0.2, 0.25) is 0 Å². The van der Waals surface area contributed by atoms with Crippen molar-refractivity contribution in [2.75, 3.05) is 18.4 Å². The highest BCUT2D eigenvalue weighted by molar-refractivity contribution is 7.14. The normalized spacial score (nSPS) is 10.2. The van der Waals surface area contributed by atoms with E-state index in [0.717, 1.165) is 6.42 Å². The van der Waals surface area contributed by atoms with Crippen molar-refractivity contribution in [3.63, 3.8) is 0 Å². The van der Waals surface area contributed by atoms with Gasteiger partial charge in [0.25, 0.3) is 11.8 Å². The average Bonchev–Trinajstić information content (AvgIpc) is 3.03. The molecule has 25 heavy (non-hydrogen) atoms. The molecule has 2 aromatic rings. The number of carbonyl (C=O) groups is 2. The third-order valence-electron chi connectivity index (χ3n) is 3.64. The van der Waals surface area contributed by atoms with Crippen molar-refractivity contribution in [1.82, 2.24) is 5.32 Å². The molecule has 1 aromatic carbocycles. The quantitative estimate of drug-likeness (QED) is 0.640. The van der Waals surface area contributed by atoms with Crippen LogP contribution in [-0.2, 0) is 0 Å². The van der Waals surface area contributed by atoms with Crippen molar-refractivity contribution in [3.05, 3.63) is 52.4 Å². The third-order valence-corrected chi connectivity index (χ3v) is 4.47. The maximum absolute atomic E-state index is 12.4. The highest BCUT2D eigenvalue weighted by Crippen LogP contribution is 2.24. The van der Waals surface area contributed by atoms with Gasteiger partial charge in [0.2, 0.25) is 0 Å². The fourth-order valence-electron chi connectivity index (χ4n) is 2.18. The standard InChI is InChI=1S/C18H23N3O2S.ClH/c1-12(2)13-4-6-14(7-5-13)16(22)21-18-15(8-11-24-18)17(23)20-10-3-9-19;/h4-8,11-12H,3,9-10,19H2,1-2H3,(H,20,23)(H,21,22);1H. The predicted octanol–water partition coefficient (Wildman–Crippen LogP) is 3.62. The summed E-state index contributed by atoms with van der Waals surface area (Å²) in [6.45, 7) is 5.27. The summed E-state index contributed by atoms with van der Waals surface area (Å²) >= 11 is 1.33. The molecule has 0 fully saturated rings. The molecule has 0 bridgehead atoms. The number of anilines is 1. The zero-order chi connectivity index (χ0) is 17.5. The van der Waals surface area contributed by atoms with E-state index in [1.807, 2.05) is 12.1 Å². The van der Waals surface area contributed by atoms with Gasteiger partial charge in [-0.3, -0.25) is 9.59 Å². The molecule has 0 saturated carbocycles. The van der Waals surface area contributed by atoms with Crippen LogP contribution in [0.5, 0.6) is 0 Å². The first-order valence-corrected chi connectivity index (χ1v) is 8.88. The van der Waals surface area contributed by atoms with Crippen molar-refractivity contribution in [2.24, 2.45) is 5.73 Å². The van der Waals surface area contributed by atoms with Crippen molar-refractivity contribution in [3.8, 4) is 0 Å². The zero-order valence-electron chi connectivity index (χ0n) is 14.4. The Morgan fingerprint density at radius 3 is 2.40 bits per heavy atom. The van der Waals surface area contributed by atoms with Gasteiger partial charge in [-0.05, 0) is 48.0 Å². The molecule has 0 aliphatic carbocycles. The van der Waals surface area contributed by atoms with E-state index in [2.05, 4.69) is 24.5 Å². The molecule has 2 amide bonds. The highest BCUT2D eigenvalue weighted by atomic mass is 35.5. The number of nitrogens with two attached hydrogens (primary N) is 1. The molecule has 0 aliphatic rings. The molecule has 2 rings (SSSR count). The first-order valence-electron chi connectivity index (χ1n) is 8.00. The molecule has 5 nitrogen and oxygen atoms in total. The first kappa shape index (κ1) is 21.2. The molecule has 0 unspecified atom stereocenters. The van der Waals surface area contributed by atoms with Crippen molar-refractivity contribution >= 4 is 40.6 Å². The number of nitrogens with one attached hydrogen (secondary N) is 2. The van der Waals surface area contributed by atoms with Crippen LogP contribution in [0.1, 0.15) is 52.5 Å². The molecular formula is C18H24ClN3O2S. The molecule has 0 radical (unpaired) electrons. The smallest absolute Gasteiger partial charge is 0.256 e. The number of hydrogen-bond donors (Lipinski definition) is 3. The molecule has 0 aliphatic heterocycles. The van der Waals surface area contributed by atoms with E-state index in [1.165, 1.54) is 16.9 Å². The SMILES string of the molecule is CC(C)c1ccc(C(=O)Nc2sccc2C(=O)NCCCN)cc1.Cl. The van der Waals surface area contributed by atoms with E-state index in [9.17, 15) is 9.59 Å². The summed E-state index contributed by atoms with van der Waals surface area (Å²) in [5, 5.41) is 7.96. The van der Waals surface area contributed by atoms with E-state index in [4.69, 9.17) is 5.73 Å². The van der Waals surface area contributed by atoms with Gasteiger partial charge in [0.05, 0.1) is 5.56 Å². The molecule has 1 heterocycles. The van der Waals surface area contributed by atoms with Gasteiger partial charge in [-0.2, -0.15) is 0 Å². The summed E-state index contributed by atoms with van der Waals surface area (Å²) < 4.78 is 0. The van der Waals surface area contributed by atoms with Gasteiger partial charge in [-0.1, -0.05) is 26.0 Å². The third kappa shape index (κ3) is 5.85. The van der Waals surface area contributed by atoms with E-state index in [1.54, 1.807) is 23.6 Å². The van der Waals surface area contributed by atoms with Gasteiger partial charge in [0.15, 0.2) is 0 Å². The summed E-state index contributed by atoms with van der Waals surface area (Å²) in [6.07, 6.45) is 0.722. The Kier molecular flexibility index (Phi) is 8.61. The van der Waals surface area contributed by atoms with Crippen LogP contribution in [0.4, 0.5) is 5.00 Å². The Morgan fingerprint density at radius 2 is 1.80 bits per heavy atom. The second-order valence-corrected chi connectivity index (χ2v) is 6.71. The largest absolute Gasteiger partial charge is 0.352 e. The van der Waals surface area contributed by atoms with E-state index in [0.29, 0.717) is 35.1 Å². The summed E-state index contributed by atoms with van der Waals surface area (Å²) in [4.78, 5) is 24.5. The molecule has 7 heteroatoms. The number of amides is 2. The minimum atomic E-state index is -0.219. The molecule has 0 saturated heterocycles. The Bertz CT molecular complexity index is 699. The Morgan fingerprint density at radius 1 is 1.12 bits per heavy atom. The molecule has 0 atom stereocenters. The Labute approximate surface area is 158 Å². The van der Waals surface area contributed by atoms with E-state index < -0.39 is 0 Å². The minimum absolute atomic E-state index is 0. The summed E-state index contributed by atoms with van der Waals surface area (Å²) in [6, 6.07) is 9.22. The van der Waals surface area contributed by atoms with Crippen LogP contribution >= 0.6 is 23.7 Å². The van der Waals surface area contributed by atoms with Crippen LogP contribution in [0, 0.1) is 0 Å². The fraction of sp³-hybridized carbons (Fsp3) is 0.333. The van der Waals surface area contributed by atoms with Crippen molar-refractivity contribution in [2.45, 2.75) is 26.2 Å². The van der Waals surface area contributed by atoms with Crippen LogP contribution in [0.15, 0.2) is 35.7 Å². The average molecular weight is 382 g/mol. The lowest BCUT2D eigenvalue weighted by Crippen LogP contribution is -2.26. The van der Waals surface area contributed by atoms with Crippen molar-refractivity contribution in [1.29, 1.82) is 0 Å². The van der Waals surface area contributed by atoms with Gasteiger partial charge in [-0.15, -0.1) is 23.7 Å². The molecular weight excluding hydrogens is 358 g/mol. The number of thiophene rings is 1. The van der Waals surface area contributed by atoms with Gasteiger partial charge < -0.3 is 16.4 Å². The zero-order valence-corrected chi connectivity index (χ0v) is 16.0. The Hall–Kier alpha value is -1.89. The van der Waals surface area contributed by atoms with Crippen LogP contribution in [0.3, 0.4) is 0 Å². The van der Waals surface area contributed by atoms with Gasteiger partial charge in [0, 0.05) is 12.1 Å². The minimum Gasteiger partial charge on any atom is -0.352 e. The maximum Gasteiger partial charge on any atom is 0.256 e. The van der Waals surface area contributed by atoms with Crippen LogP contribution in [0.25, 0.3) is 0 Å². The van der Waals surface area contributed by atoms with Gasteiger partial charge in [0.1, 0.15) is 5.00 Å². The highest BCUT2D eigenvalue weighted by Gasteiger charge is 2.15. The lowest BCUT2D eigenvalue weighted by Gasteiger charge is -2.09. The lowest BCUT2D eigenvalue weighted by atomic mass is 10.0. The fourth-order valence-corrected chi connectivity index (χ4v) is 2.96. The predicted molar refractivity (Wildman–Crippen MR) is 106 cm³/mol. The number of rotatable bonds is 7. The van der Waals surface area contributed by atoms with Crippen LogP contribution < -0.4 is 16.4 Å². The molecule has 0 spiro atoms. The molecule has 1 aromatic heterocycles. The number of halogens is 1. The van der Waals surface area contributed by atoms with E-state index in [-0.39, 0.29) is 24.2 Å². The summed E-state index contributed by atoms with van der Waals surface area (Å²) in [5.41, 5.74) is 7.65.